The molecular formula is C31H31N5O3. The Balaban J connectivity index is 1.76. The standard InChI is InChI=1S/C31H31N5O3/c1-19(2)27(32)30(37)33-18-24-25(21-14-16-23(39-3)17-15-21)31(38)36-29(34-24)26(20-10-6-4-7-11-20)28(35-36)22-12-8-5-9-13-22/h4-17,19,27,34H,18,32H2,1-3H3,(H,33,37). The second kappa shape index (κ2) is 11.0. The molecule has 39 heavy (non-hydrogen) atoms. The maximum atomic E-state index is 14.1. The average molecular weight is 522 g/mol. The highest BCUT2D eigenvalue weighted by molar-refractivity contribution is 5.91. The summed E-state index contributed by atoms with van der Waals surface area (Å²) in [7, 11) is 1.59. The lowest BCUT2D eigenvalue weighted by Gasteiger charge is -2.17. The molecule has 0 aliphatic heterocycles. The average Bonchev–Trinajstić information content (AvgIpc) is 3.36. The molecule has 2 heterocycles. The zero-order chi connectivity index (χ0) is 27.5. The largest absolute Gasteiger partial charge is 0.497 e. The minimum Gasteiger partial charge on any atom is -0.497 e. The summed E-state index contributed by atoms with van der Waals surface area (Å²) in [6, 6.07) is 26.2. The molecule has 5 aromatic rings. The molecule has 2 aromatic heterocycles. The monoisotopic (exact) mass is 521 g/mol. The van der Waals surface area contributed by atoms with E-state index < -0.39 is 6.04 Å². The topological polar surface area (TPSA) is 115 Å². The number of aromatic nitrogens is 3. The number of ether oxygens (including phenoxy) is 1. The zero-order valence-electron chi connectivity index (χ0n) is 22.1. The number of H-pyrrole nitrogens is 1. The molecule has 1 atom stereocenters. The van der Waals surface area contributed by atoms with Gasteiger partial charge < -0.3 is 20.8 Å². The van der Waals surface area contributed by atoms with Crippen LogP contribution in [0.2, 0.25) is 0 Å². The Morgan fingerprint density at radius 3 is 2.10 bits per heavy atom. The Labute approximate surface area is 226 Å². The fraction of sp³-hybridized carbons (Fsp3) is 0.194. The molecule has 3 aromatic carbocycles. The van der Waals surface area contributed by atoms with Crippen LogP contribution in [0.5, 0.6) is 5.75 Å². The molecule has 1 unspecified atom stereocenters. The molecule has 8 heteroatoms. The van der Waals surface area contributed by atoms with Crippen LogP contribution in [-0.4, -0.2) is 33.7 Å². The second-order valence-corrected chi connectivity index (χ2v) is 9.72. The Bertz CT molecular complexity index is 1660. The number of carbonyl (C=O) groups excluding carboxylic acids is 1. The van der Waals surface area contributed by atoms with Crippen LogP contribution < -0.4 is 21.3 Å². The number of hydrogen-bond donors (Lipinski definition) is 3. The van der Waals surface area contributed by atoms with Gasteiger partial charge in [0.05, 0.1) is 30.8 Å². The molecule has 8 nitrogen and oxygen atoms in total. The van der Waals surface area contributed by atoms with Crippen LogP contribution >= 0.6 is 0 Å². The van der Waals surface area contributed by atoms with Gasteiger partial charge in [-0.25, -0.2) is 0 Å². The molecule has 4 N–H and O–H groups in total. The highest BCUT2D eigenvalue weighted by Crippen LogP contribution is 2.35. The predicted molar refractivity (Wildman–Crippen MR) is 153 cm³/mol. The number of rotatable bonds is 8. The Kier molecular flexibility index (Phi) is 7.29. The minimum atomic E-state index is -0.663. The van der Waals surface area contributed by atoms with Crippen LogP contribution in [0.25, 0.3) is 39.2 Å². The lowest BCUT2D eigenvalue weighted by Crippen LogP contribution is -2.43. The van der Waals surface area contributed by atoms with Crippen molar-refractivity contribution >= 4 is 11.6 Å². The summed E-state index contributed by atoms with van der Waals surface area (Å²) < 4.78 is 6.72. The van der Waals surface area contributed by atoms with Gasteiger partial charge >= 0.3 is 0 Å². The van der Waals surface area contributed by atoms with E-state index in [9.17, 15) is 9.59 Å². The van der Waals surface area contributed by atoms with Crippen molar-refractivity contribution in [3.63, 3.8) is 0 Å². The van der Waals surface area contributed by atoms with Crippen molar-refractivity contribution in [2.45, 2.75) is 26.4 Å². The maximum absolute atomic E-state index is 14.1. The molecule has 0 aliphatic carbocycles. The van der Waals surface area contributed by atoms with Gasteiger partial charge in [0.15, 0.2) is 0 Å². The minimum absolute atomic E-state index is 0.0273. The van der Waals surface area contributed by atoms with Crippen LogP contribution in [-0.2, 0) is 11.3 Å². The first-order valence-electron chi connectivity index (χ1n) is 12.9. The molecule has 0 saturated carbocycles. The number of aromatic amines is 1. The van der Waals surface area contributed by atoms with Crippen LogP contribution in [0.15, 0.2) is 89.7 Å². The summed E-state index contributed by atoms with van der Waals surface area (Å²) in [6.45, 7) is 3.88. The highest BCUT2D eigenvalue weighted by atomic mass is 16.5. The van der Waals surface area contributed by atoms with Crippen molar-refractivity contribution in [2.75, 3.05) is 7.11 Å². The second-order valence-electron chi connectivity index (χ2n) is 9.72. The van der Waals surface area contributed by atoms with Crippen molar-refractivity contribution in [1.82, 2.24) is 19.9 Å². The molecule has 0 aliphatic rings. The van der Waals surface area contributed by atoms with Gasteiger partial charge in [0.1, 0.15) is 17.1 Å². The van der Waals surface area contributed by atoms with Gasteiger partial charge in [-0.05, 0) is 29.2 Å². The molecule has 1 amide bonds. The molecule has 0 spiro atoms. The fourth-order valence-corrected chi connectivity index (χ4v) is 4.58. The lowest BCUT2D eigenvalue weighted by atomic mass is 10.0. The third-order valence-electron chi connectivity index (χ3n) is 6.81. The number of nitrogens with zero attached hydrogens (tertiary/aromatic N) is 2. The quantitative estimate of drug-likeness (QED) is 0.275. The number of nitrogens with two attached hydrogens (primary N) is 1. The molecule has 5 rings (SSSR count). The first-order valence-corrected chi connectivity index (χ1v) is 12.9. The summed E-state index contributed by atoms with van der Waals surface area (Å²) in [5.41, 5.74) is 11.2. The van der Waals surface area contributed by atoms with Crippen molar-refractivity contribution in [3.8, 4) is 39.3 Å². The first kappa shape index (κ1) is 25.9. The molecule has 0 radical (unpaired) electrons. The van der Waals surface area contributed by atoms with Crippen molar-refractivity contribution < 1.29 is 9.53 Å². The summed E-state index contributed by atoms with van der Waals surface area (Å²) >= 11 is 0. The van der Waals surface area contributed by atoms with Crippen LogP contribution in [0.4, 0.5) is 0 Å². The van der Waals surface area contributed by atoms with E-state index in [2.05, 4.69) is 10.3 Å². The number of carbonyl (C=O) groups is 1. The van der Waals surface area contributed by atoms with E-state index >= 15 is 0 Å². The van der Waals surface area contributed by atoms with Crippen molar-refractivity contribution in [3.05, 3.63) is 101 Å². The third-order valence-corrected chi connectivity index (χ3v) is 6.81. The van der Waals surface area contributed by atoms with Crippen molar-refractivity contribution in [1.29, 1.82) is 0 Å². The summed E-state index contributed by atoms with van der Waals surface area (Å²) in [4.78, 5) is 30.3. The first-order chi connectivity index (χ1) is 18.9. The Morgan fingerprint density at radius 2 is 1.51 bits per heavy atom. The molecule has 0 saturated heterocycles. The molecule has 0 fully saturated rings. The number of fused-ring (bicyclic) bond motifs is 1. The number of nitrogens with one attached hydrogen (secondary N) is 2. The predicted octanol–water partition coefficient (Wildman–Crippen LogP) is 4.63. The van der Waals surface area contributed by atoms with E-state index in [-0.39, 0.29) is 23.9 Å². The van der Waals surface area contributed by atoms with Gasteiger partial charge in [-0.2, -0.15) is 9.61 Å². The van der Waals surface area contributed by atoms with E-state index in [0.29, 0.717) is 33.9 Å². The lowest BCUT2D eigenvalue weighted by molar-refractivity contribution is -0.123. The van der Waals surface area contributed by atoms with Crippen LogP contribution in [0.3, 0.4) is 0 Å². The zero-order valence-corrected chi connectivity index (χ0v) is 22.1. The van der Waals surface area contributed by atoms with E-state index in [1.807, 2.05) is 86.6 Å². The SMILES string of the molecule is COc1ccc(-c2c(CNC(=O)C(N)C(C)C)[nH]c3c(-c4ccccc4)c(-c4ccccc4)nn3c2=O)cc1. The smallest absolute Gasteiger partial charge is 0.282 e. The fourth-order valence-electron chi connectivity index (χ4n) is 4.58. The van der Waals surface area contributed by atoms with Gasteiger partial charge in [0.2, 0.25) is 5.91 Å². The van der Waals surface area contributed by atoms with E-state index in [0.717, 1.165) is 16.7 Å². The highest BCUT2D eigenvalue weighted by Gasteiger charge is 2.24. The molecule has 0 bridgehead atoms. The van der Waals surface area contributed by atoms with Crippen molar-refractivity contribution in [2.24, 2.45) is 11.7 Å². The summed E-state index contributed by atoms with van der Waals surface area (Å²) in [5.74, 6) is 0.361. The van der Waals surface area contributed by atoms with Gasteiger partial charge in [-0.15, -0.1) is 0 Å². The normalized spacial score (nSPS) is 12.0. The molecule has 198 valence electrons. The van der Waals surface area contributed by atoms with Gasteiger partial charge in [-0.3, -0.25) is 9.59 Å². The van der Waals surface area contributed by atoms with E-state index in [1.165, 1.54) is 4.52 Å². The molecular weight excluding hydrogens is 490 g/mol. The van der Waals surface area contributed by atoms with Crippen LogP contribution in [0.1, 0.15) is 19.5 Å². The number of hydrogen-bond acceptors (Lipinski definition) is 5. The van der Waals surface area contributed by atoms with Gasteiger partial charge in [-0.1, -0.05) is 86.6 Å². The maximum Gasteiger partial charge on any atom is 0.282 e. The summed E-state index contributed by atoms with van der Waals surface area (Å²) in [6.07, 6.45) is 0. The third kappa shape index (κ3) is 5.06. The van der Waals surface area contributed by atoms with Gasteiger partial charge in [0, 0.05) is 11.3 Å². The van der Waals surface area contributed by atoms with E-state index in [4.69, 9.17) is 15.6 Å². The number of amides is 1. The summed E-state index contributed by atoms with van der Waals surface area (Å²) in [5, 5.41) is 7.72. The number of methoxy groups -OCH3 is 1. The Morgan fingerprint density at radius 1 is 0.923 bits per heavy atom. The number of benzene rings is 3. The van der Waals surface area contributed by atoms with E-state index in [1.54, 1.807) is 19.2 Å². The van der Waals surface area contributed by atoms with Crippen LogP contribution in [0, 0.1) is 5.92 Å². The van der Waals surface area contributed by atoms with Gasteiger partial charge in [0.25, 0.3) is 5.56 Å². The Hall–Kier alpha value is -4.69.